The molecule has 25 nitrogen and oxygen atoms in total. The molecule has 0 spiro atoms. The van der Waals surface area contributed by atoms with Crippen molar-refractivity contribution in [3.8, 4) is 0 Å². The number of amides is 1. The molecule has 3 aliphatic heterocycles. The van der Waals surface area contributed by atoms with Gasteiger partial charge >= 0.3 is 19.8 Å². The van der Waals surface area contributed by atoms with Crippen LogP contribution in [0.3, 0.4) is 0 Å². The number of ketones is 1. The summed E-state index contributed by atoms with van der Waals surface area (Å²) in [6, 6.07) is -1.84. The number of carboxylic acid groups (broad SMARTS) is 1. The average molecular weight is 1460 g/mol. The quantitative estimate of drug-likeness (QED) is 0.0153. The maximum Gasteiger partial charge on any atom is 0.472 e. The first-order chi connectivity index (χ1) is 48.0. The average Bonchev–Trinajstić information content (AvgIpc) is 0.779. The molecule has 588 valence electrons. The number of unbranched alkanes of at least 4 members (excludes halogenated alkanes) is 38. The molecule has 0 saturated carbocycles. The fourth-order valence-electron chi connectivity index (χ4n) is 13.9. The second-order valence-corrected chi connectivity index (χ2v) is 30.2. The summed E-state index contributed by atoms with van der Waals surface area (Å²) in [5.74, 6) is -8.85. The number of carboxylic acids is 1. The molecule has 0 bridgehead atoms. The highest BCUT2D eigenvalue weighted by atomic mass is 31.2. The fourth-order valence-corrected chi connectivity index (χ4v) is 14.3. The number of aliphatic hydroxyl groups excluding tert-OH is 9. The first-order valence-corrected chi connectivity index (χ1v) is 40.8. The first kappa shape index (κ1) is 91.8. The molecule has 0 aromatic rings. The molecule has 17 atom stereocenters. The van der Waals surface area contributed by atoms with Crippen molar-refractivity contribution in [1.82, 2.24) is 5.32 Å². The van der Waals surface area contributed by atoms with E-state index in [-0.39, 0.29) is 19.3 Å². The van der Waals surface area contributed by atoms with Crippen molar-refractivity contribution < 1.29 is 118 Å². The Morgan fingerprint density at radius 1 is 0.520 bits per heavy atom. The van der Waals surface area contributed by atoms with Crippen LogP contribution in [0, 0.1) is 5.92 Å². The molecule has 26 heteroatoms. The third kappa shape index (κ3) is 37.7. The van der Waals surface area contributed by atoms with Gasteiger partial charge in [0.15, 0.2) is 12.6 Å². The third-order valence-electron chi connectivity index (χ3n) is 20.1. The van der Waals surface area contributed by atoms with Crippen LogP contribution >= 0.6 is 7.82 Å². The van der Waals surface area contributed by atoms with E-state index in [9.17, 15) is 84.6 Å². The number of ether oxygens (including phenoxy) is 6. The lowest BCUT2D eigenvalue weighted by Crippen LogP contribution is -2.65. The number of Topliss-reactive ketones (excluding diaryl/α,β-unsaturated/α-hetero) is 1. The zero-order chi connectivity index (χ0) is 73.6. The van der Waals surface area contributed by atoms with Gasteiger partial charge in [-0.3, -0.25) is 18.9 Å². The minimum atomic E-state index is -5.51. The van der Waals surface area contributed by atoms with Gasteiger partial charge in [0.1, 0.15) is 66.8 Å². The summed E-state index contributed by atoms with van der Waals surface area (Å²) >= 11 is 0. The van der Waals surface area contributed by atoms with Crippen LogP contribution < -0.4 is 5.32 Å². The van der Waals surface area contributed by atoms with Crippen LogP contribution in [0.15, 0.2) is 0 Å². The Balaban J connectivity index is 1.80. The summed E-state index contributed by atoms with van der Waals surface area (Å²) in [6.45, 7) is 3.64. The predicted molar refractivity (Wildman–Crippen MR) is 377 cm³/mol. The molecule has 0 aromatic heterocycles. The van der Waals surface area contributed by atoms with Gasteiger partial charge in [0, 0.05) is 19.3 Å². The zero-order valence-electron chi connectivity index (χ0n) is 61.3. The maximum absolute atomic E-state index is 14.9. The van der Waals surface area contributed by atoms with Crippen molar-refractivity contribution >= 4 is 31.5 Å². The van der Waals surface area contributed by atoms with E-state index in [0.717, 1.165) is 83.5 Å². The van der Waals surface area contributed by atoms with Crippen molar-refractivity contribution in [2.45, 2.75) is 420 Å². The number of phosphoric acid groups is 1. The number of nitrogens with one attached hydrogen (secondary N) is 1. The van der Waals surface area contributed by atoms with E-state index in [4.69, 9.17) is 32.9 Å². The van der Waals surface area contributed by atoms with Crippen molar-refractivity contribution in [3.63, 3.8) is 0 Å². The second kappa shape index (κ2) is 54.2. The minimum absolute atomic E-state index is 0.0917. The van der Waals surface area contributed by atoms with E-state index in [1.165, 1.54) is 161 Å². The van der Waals surface area contributed by atoms with Crippen molar-refractivity contribution in [2.24, 2.45) is 5.92 Å². The molecule has 0 radical (unpaired) electrons. The number of rotatable bonds is 62. The van der Waals surface area contributed by atoms with Gasteiger partial charge in [-0.05, 0) is 25.7 Å². The van der Waals surface area contributed by atoms with Crippen LogP contribution in [0.1, 0.15) is 323 Å². The van der Waals surface area contributed by atoms with Crippen molar-refractivity contribution in [2.75, 3.05) is 19.8 Å². The normalized spacial score (nSPS) is 26.7. The van der Waals surface area contributed by atoms with Gasteiger partial charge in [-0.15, -0.1) is 0 Å². The topological polar surface area (TPSA) is 405 Å². The molecule has 3 saturated heterocycles. The van der Waals surface area contributed by atoms with E-state index >= 15 is 0 Å². The lowest BCUT2D eigenvalue weighted by atomic mass is 9.85. The second-order valence-electron chi connectivity index (χ2n) is 29.0. The van der Waals surface area contributed by atoms with E-state index < -0.39 is 174 Å². The summed E-state index contributed by atoms with van der Waals surface area (Å²) in [6.07, 6.45) is 18.4. The Kier molecular flexibility index (Phi) is 49.8. The Morgan fingerprint density at radius 2 is 0.930 bits per heavy atom. The summed E-state index contributed by atoms with van der Waals surface area (Å²) in [5, 5.41) is 112. The summed E-state index contributed by atoms with van der Waals surface area (Å²) in [5.41, 5.74) is 0. The van der Waals surface area contributed by atoms with Gasteiger partial charge in [0.25, 0.3) is 5.79 Å². The van der Waals surface area contributed by atoms with E-state index in [2.05, 4.69) is 26.1 Å². The van der Waals surface area contributed by atoms with Crippen LogP contribution in [-0.4, -0.2) is 202 Å². The Labute approximate surface area is 597 Å². The molecule has 3 rings (SSSR count). The van der Waals surface area contributed by atoms with Gasteiger partial charge < -0.3 is 94.6 Å². The van der Waals surface area contributed by atoms with Crippen molar-refractivity contribution in [1.29, 1.82) is 0 Å². The number of aliphatic hydroxyl groups is 9. The summed E-state index contributed by atoms with van der Waals surface area (Å²) < 4.78 is 52.5. The lowest BCUT2D eigenvalue weighted by molar-refractivity contribution is -0.343. The minimum Gasteiger partial charge on any atom is -0.477 e. The van der Waals surface area contributed by atoms with E-state index in [1.54, 1.807) is 0 Å². The van der Waals surface area contributed by atoms with Crippen LogP contribution in [0.5, 0.6) is 0 Å². The fraction of sp³-hybridized carbons (Fsp3) is 0.946. The molecule has 3 aliphatic rings. The zero-order valence-corrected chi connectivity index (χ0v) is 62.2. The number of phosphoric ester groups is 1. The number of hydrogen-bond acceptors (Lipinski definition) is 21. The van der Waals surface area contributed by atoms with E-state index in [0.29, 0.717) is 19.3 Å². The molecule has 1 amide bonds. The largest absolute Gasteiger partial charge is 0.477 e. The van der Waals surface area contributed by atoms with Crippen molar-refractivity contribution in [3.05, 3.63) is 0 Å². The SMILES string of the molecule is CCCCCCCCCCCCCCCCCC(=O)O[C@H](CCCCCCCCCCCCCCC)CC(=O)[C@H]1[C@H](OC[C@H]2O[C@H](OP(=O)(O)O)[C@H](NC(=O)C[C@H](O)CCCCCCCCCCCCCCC)[C@@H](O)[C@@H]2O)O[C@H](CO[C@]2(C(=O)O)C[C@@H](O)[C@@H](O)[C@@H]([C@H](O)CO)O2)[C@@H](O)[C@@H]1O. The highest BCUT2D eigenvalue weighted by Crippen LogP contribution is 2.42. The van der Waals surface area contributed by atoms with E-state index in [1.807, 2.05) is 0 Å². The lowest BCUT2D eigenvalue weighted by Gasteiger charge is -2.46. The number of aliphatic carboxylic acids is 1. The molecule has 0 aromatic carbocycles. The maximum atomic E-state index is 14.9. The highest BCUT2D eigenvalue weighted by Gasteiger charge is 2.57. The molecule has 0 unspecified atom stereocenters. The summed E-state index contributed by atoms with van der Waals surface area (Å²) in [4.78, 5) is 74.8. The molecule has 13 N–H and O–H groups in total. The number of carbonyl (C=O) groups is 4. The van der Waals surface area contributed by atoms with Crippen LogP contribution in [-0.2, 0) is 56.7 Å². The predicted octanol–water partition coefficient (Wildman–Crippen LogP) is 10.6. The van der Waals surface area contributed by atoms with Gasteiger partial charge in [0.2, 0.25) is 5.91 Å². The smallest absolute Gasteiger partial charge is 0.472 e. The standard InChI is InChI=1S/C74H138NO24P/c1-4-7-10-13-16-19-22-25-26-29-32-35-38-41-44-47-62(82)95-55(46-43-40-37-34-31-28-24-21-18-15-12-9-6-3)49-56(78)63-68(86)66(84)60(53-94-74(73(88)89)50-57(79)65(83)70(98-74)58(80)51-76)96-71(63)93-52-59-67(85)69(87)64(72(97-59)99-100(90,91)92)75-61(81)48-54(77)45-42-39-36-33-30-27-23-20-17-14-11-8-5-2/h54-55,57-60,63-72,76-77,79-80,83-87H,4-53H2,1-3H3,(H,75,81)(H,88,89)(H2,90,91,92)/t54-,55-,57-,58-,59-,60-,63-,64-,65-,66-,67-,68-,69-,70-,71-,72-,74-/m1/s1. The van der Waals surface area contributed by atoms with Gasteiger partial charge in [-0.1, -0.05) is 271 Å². The van der Waals surface area contributed by atoms with Gasteiger partial charge in [0.05, 0.1) is 50.5 Å². The van der Waals surface area contributed by atoms with Crippen LogP contribution in [0.4, 0.5) is 0 Å². The Hall–Kier alpha value is -2.37. The molecule has 100 heavy (non-hydrogen) atoms. The number of esters is 1. The van der Waals surface area contributed by atoms with Gasteiger partial charge in [-0.2, -0.15) is 0 Å². The molecule has 0 aliphatic carbocycles. The first-order valence-electron chi connectivity index (χ1n) is 39.3. The number of carbonyl (C=O) groups excluding carboxylic acids is 3. The van der Waals surface area contributed by atoms with Gasteiger partial charge in [-0.25, -0.2) is 9.36 Å². The monoisotopic (exact) mass is 1460 g/mol. The molecule has 3 heterocycles. The van der Waals surface area contributed by atoms with Crippen LogP contribution in [0.2, 0.25) is 0 Å². The molecular weight excluding hydrogens is 1320 g/mol. The third-order valence-corrected chi connectivity index (χ3v) is 20.6. The molecular formula is C74H138NO24P. The van der Waals surface area contributed by atoms with Crippen LogP contribution in [0.25, 0.3) is 0 Å². The Morgan fingerprint density at radius 3 is 1.37 bits per heavy atom. The highest BCUT2D eigenvalue weighted by molar-refractivity contribution is 7.46. The Bertz CT molecular complexity index is 2170. The number of hydrogen-bond donors (Lipinski definition) is 13. The summed E-state index contributed by atoms with van der Waals surface area (Å²) in [7, 11) is -5.51. The molecule has 3 fully saturated rings.